The molecule has 0 aliphatic carbocycles. The zero-order chi connectivity index (χ0) is 7.72. The Bertz CT molecular complexity index is 158. The Morgan fingerprint density at radius 2 is 2.10 bits per heavy atom. The summed E-state index contributed by atoms with van der Waals surface area (Å²) in [7, 11) is 0. The topological polar surface area (TPSA) is 86.8 Å². The van der Waals surface area contributed by atoms with Gasteiger partial charge in [0.25, 0.3) is 0 Å². The maximum absolute atomic E-state index is 10.6. The predicted molar refractivity (Wildman–Crippen MR) is 32.6 cm³/mol. The second-order valence-electron chi connectivity index (χ2n) is 2.24. The second kappa shape index (κ2) is 2.53. The van der Waals surface area contributed by atoms with Crippen molar-refractivity contribution in [1.29, 1.82) is 0 Å². The van der Waals surface area contributed by atoms with Crippen molar-refractivity contribution in [3.63, 3.8) is 0 Å². The Balaban J connectivity index is 2.68. The lowest BCUT2D eigenvalue weighted by atomic mass is 10.1. The minimum absolute atomic E-state index is 0.370. The van der Waals surface area contributed by atoms with E-state index in [1.165, 1.54) is 0 Å². The smallest absolute Gasteiger partial charge is 0.214 e. The van der Waals surface area contributed by atoms with Gasteiger partial charge in [-0.2, -0.15) is 0 Å². The third-order valence-corrected chi connectivity index (χ3v) is 1.56. The molecule has 1 aliphatic rings. The monoisotopic (exact) mass is 147 g/mol. The fraction of sp³-hybridized carbons (Fsp3) is 0.800. The van der Waals surface area contributed by atoms with Crippen LogP contribution in [0.3, 0.4) is 0 Å². The Morgan fingerprint density at radius 1 is 1.50 bits per heavy atom. The van der Waals surface area contributed by atoms with Gasteiger partial charge in [0, 0.05) is 0 Å². The number of hydrogen-bond donors (Lipinski definition) is 3. The lowest BCUT2D eigenvalue weighted by Crippen LogP contribution is -2.36. The maximum atomic E-state index is 10.6. The summed E-state index contributed by atoms with van der Waals surface area (Å²) in [6, 6.07) is -0.907. The molecule has 0 amide bonds. The average molecular weight is 147 g/mol. The third kappa shape index (κ3) is 0.985. The lowest BCUT2D eigenvalue weighted by Gasteiger charge is -2.11. The summed E-state index contributed by atoms with van der Waals surface area (Å²) >= 11 is 0. The summed E-state index contributed by atoms with van der Waals surface area (Å²) in [6.07, 6.45) is -1.37. The van der Waals surface area contributed by atoms with Gasteiger partial charge in [0.1, 0.15) is 6.61 Å². The summed E-state index contributed by atoms with van der Waals surface area (Å²) in [5, 5.41) is 36.9. The van der Waals surface area contributed by atoms with Gasteiger partial charge in [-0.05, 0) is 0 Å². The van der Waals surface area contributed by atoms with E-state index in [1.807, 2.05) is 0 Å². The fourth-order valence-electron chi connectivity index (χ4n) is 0.916. The molecule has 10 heavy (non-hydrogen) atoms. The molecule has 58 valence electrons. The molecule has 1 rings (SSSR count). The van der Waals surface area contributed by atoms with Crippen molar-refractivity contribution in [3.05, 3.63) is 5.21 Å². The van der Waals surface area contributed by atoms with Crippen LogP contribution < -0.4 is 0 Å². The number of aliphatic hydroxyl groups excluding tert-OH is 3. The zero-order valence-electron chi connectivity index (χ0n) is 5.21. The van der Waals surface area contributed by atoms with Gasteiger partial charge in [0.2, 0.25) is 6.04 Å². The number of rotatable bonds is 1. The molecule has 5 heteroatoms. The lowest BCUT2D eigenvalue weighted by molar-refractivity contribution is -0.501. The Labute approximate surface area is 57.4 Å². The van der Waals surface area contributed by atoms with E-state index in [0.29, 0.717) is 4.74 Å². The molecular weight excluding hydrogens is 138 g/mol. The molecule has 0 aromatic carbocycles. The third-order valence-electron chi connectivity index (χ3n) is 1.56. The van der Waals surface area contributed by atoms with E-state index in [1.54, 1.807) is 0 Å². The van der Waals surface area contributed by atoms with Gasteiger partial charge in [-0.3, -0.25) is 0 Å². The Kier molecular flexibility index (Phi) is 1.89. The van der Waals surface area contributed by atoms with Crippen LogP contribution in [0.5, 0.6) is 0 Å². The van der Waals surface area contributed by atoms with Crippen LogP contribution >= 0.6 is 0 Å². The van der Waals surface area contributed by atoms with Gasteiger partial charge in [0.15, 0.2) is 18.4 Å². The second-order valence-corrected chi connectivity index (χ2v) is 2.24. The van der Waals surface area contributed by atoms with E-state index in [2.05, 4.69) is 0 Å². The molecule has 0 saturated heterocycles. The molecule has 5 nitrogen and oxygen atoms in total. The van der Waals surface area contributed by atoms with Gasteiger partial charge in [0.05, 0.1) is 0 Å². The molecule has 1 aliphatic heterocycles. The number of aliphatic hydroxyl groups is 3. The van der Waals surface area contributed by atoms with Crippen LogP contribution in [0, 0.1) is 5.21 Å². The highest BCUT2D eigenvalue weighted by molar-refractivity contribution is 5.60. The van der Waals surface area contributed by atoms with E-state index in [-0.39, 0.29) is 0 Å². The van der Waals surface area contributed by atoms with E-state index in [0.717, 1.165) is 6.21 Å². The van der Waals surface area contributed by atoms with Crippen LogP contribution in [0.25, 0.3) is 0 Å². The largest absolute Gasteiger partial charge is 0.624 e. The van der Waals surface area contributed by atoms with Gasteiger partial charge in [-0.25, -0.2) is 4.74 Å². The van der Waals surface area contributed by atoms with Crippen LogP contribution in [0.1, 0.15) is 0 Å². The van der Waals surface area contributed by atoms with E-state index in [9.17, 15) is 5.21 Å². The molecule has 0 unspecified atom stereocenters. The zero-order valence-corrected chi connectivity index (χ0v) is 5.21. The molecule has 0 spiro atoms. The van der Waals surface area contributed by atoms with Gasteiger partial charge in [-0.1, -0.05) is 0 Å². The Hall–Kier alpha value is -0.650. The van der Waals surface area contributed by atoms with Crippen molar-refractivity contribution in [1.82, 2.24) is 0 Å². The van der Waals surface area contributed by atoms with Crippen molar-refractivity contribution >= 4 is 6.21 Å². The highest BCUT2D eigenvalue weighted by atomic mass is 16.5. The predicted octanol–water partition coefficient (Wildman–Crippen LogP) is -2.34. The molecule has 3 N–H and O–H groups in total. The molecule has 1 heterocycles. The first kappa shape index (κ1) is 7.46. The van der Waals surface area contributed by atoms with Gasteiger partial charge >= 0.3 is 0 Å². The summed E-state index contributed by atoms with van der Waals surface area (Å²) in [4.78, 5) is 0. The van der Waals surface area contributed by atoms with Crippen molar-refractivity contribution < 1.29 is 20.1 Å². The van der Waals surface area contributed by atoms with E-state index in [4.69, 9.17) is 15.3 Å². The van der Waals surface area contributed by atoms with Crippen molar-refractivity contribution in [2.45, 2.75) is 18.2 Å². The van der Waals surface area contributed by atoms with Crippen molar-refractivity contribution in [2.24, 2.45) is 0 Å². The summed E-state index contributed by atoms with van der Waals surface area (Å²) < 4.78 is 0.370. The van der Waals surface area contributed by atoms with E-state index >= 15 is 0 Å². The highest BCUT2D eigenvalue weighted by Gasteiger charge is 2.38. The number of nitrogens with zero attached hydrogens (tertiary/aromatic N) is 1. The van der Waals surface area contributed by atoms with Gasteiger partial charge in [-0.15, -0.1) is 0 Å². The quantitative estimate of drug-likeness (QED) is 0.286. The molecule has 0 aromatic heterocycles. The fourth-order valence-corrected chi connectivity index (χ4v) is 0.916. The molecule has 0 saturated carbocycles. The molecule has 0 fully saturated rings. The molecule has 0 radical (unpaired) electrons. The minimum Gasteiger partial charge on any atom is -0.624 e. The molecule has 0 aromatic rings. The average Bonchev–Trinajstić information content (AvgIpc) is 2.09. The summed E-state index contributed by atoms with van der Waals surface area (Å²) in [5.41, 5.74) is 0. The van der Waals surface area contributed by atoms with Crippen LogP contribution in [-0.4, -0.2) is 51.1 Å². The summed E-state index contributed by atoms with van der Waals surface area (Å²) in [6.45, 7) is -0.446. The number of hydrogen-bond acceptors (Lipinski definition) is 4. The molecule has 3 atom stereocenters. The van der Waals surface area contributed by atoms with Crippen LogP contribution in [0.15, 0.2) is 0 Å². The first-order chi connectivity index (χ1) is 4.66. The standard InChI is InChI=1S/C5H9NO4/c7-2-3-5(9)4(8)1-6(3)10/h1,3-5,7-9H,2H2/t3-,4-,5+/m0/s1. The normalized spacial score (nSPS) is 39.9. The van der Waals surface area contributed by atoms with Crippen molar-refractivity contribution in [2.75, 3.05) is 6.61 Å². The first-order valence-corrected chi connectivity index (χ1v) is 2.94. The highest BCUT2D eigenvalue weighted by Crippen LogP contribution is 2.08. The Morgan fingerprint density at radius 3 is 2.30 bits per heavy atom. The van der Waals surface area contributed by atoms with Crippen molar-refractivity contribution in [3.8, 4) is 0 Å². The maximum Gasteiger partial charge on any atom is 0.214 e. The van der Waals surface area contributed by atoms with Crippen LogP contribution in [0.4, 0.5) is 0 Å². The van der Waals surface area contributed by atoms with Gasteiger partial charge < -0.3 is 20.5 Å². The van der Waals surface area contributed by atoms with Crippen LogP contribution in [-0.2, 0) is 0 Å². The first-order valence-electron chi connectivity index (χ1n) is 2.94. The molecular formula is C5H9NO4. The summed E-state index contributed by atoms with van der Waals surface area (Å²) in [5.74, 6) is 0. The number of hydroxylamine groups is 1. The molecule has 0 bridgehead atoms. The van der Waals surface area contributed by atoms with Crippen LogP contribution in [0.2, 0.25) is 0 Å². The van der Waals surface area contributed by atoms with E-state index < -0.39 is 24.9 Å². The minimum atomic E-state index is -1.16. The SMILES string of the molecule is [O-][N+]1=C[C@H](O)[C@H](O)[C@@H]1CO.